The summed E-state index contributed by atoms with van der Waals surface area (Å²) in [5.74, 6) is -0.00394. The first kappa shape index (κ1) is 16.8. The second-order valence-corrected chi connectivity index (χ2v) is 6.19. The van der Waals surface area contributed by atoms with Crippen LogP contribution in [0.4, 0.5) is 11.4 Å². The van der Waals surface area contributed by atoms with Crippen LogP contribution in [0.5, 0.6) is 5.75 Å². The van der Waals surface area contributed by atoms with Gasteiger partial charge in [0, 0.05) is 11.1 Å². The molecule has 8 nitrogen and oxygen atoms in total. The number of aromatic nitrogens is 2. The largest absolute Gasteiger partial charge is 0.479 e. The van der Waals surface area contributed by atoms with Crippen molar-refractivity contribution in [2.24, 2.45) is 0 Å². The number of benzene rings is 2. The molecule has 1 aromatic heterocycles. The fraction of sp³-hybridized carbons (Fsp3) is 0.158. The monoisotopic (exact) mass is 364 g/mol. The molecule has 3 aromatic rings. The van der Waals surface area contributed by atoms with Gasteiger partial charge < -0.3 is 15.4 Å². The lowest BCUT2D eigenvalue weighted by atomic mass is 10.2. The van der Waals surface area contributed by atoms with Crippen LogP contribution in [0.2, 0.25) is 0 Å². The predicted molar refractivity (Wildman–Crippen MR) is 99.8 cm³/mol. The standard InChI is InChI=1S/C19H16N4O4/c1-11-19(26)22-14-8-12(6-7-17(14)27-11)21-18(25)10-23-15-5-3-2-4-13(15)16(24)9-20-23/h2-9,11H,10H2,1H3,(H,21,25)(H,22,26)/t11-/m1/s1. The van der Waals surface area contributed by atoms with Crippen molar-refractivity contribution in [1.29, 1.82) is 0 Å². The Morgan fingerprint density at radius 1 is 1.26 bits per heavy atom. The van der Waals surface area contributed by atoms with Crippen LogP contribution >= 0.6 is 0 Å². The number of amides is 2. The Labute approximate surface area is 153 Å². The van der Waals surface area contributed by atoms with E-state index in [1.54, 1.807) is 49.4 Å². The number of nitrogens with one attached hydrogen (secondary N) is 2. The first-order valence-electron chi connectivity index (χ1n) is 8.37. The normalized spacial score (nSPS) is 15.6. The molecule has 0 spiro atoms. The van der Waals surface area contributed by atoms with E-state index in [0.29, 0.717) is 28.0 Å². The average molecular weight is 364 g/mol. The van der Waals surface area contributed by atoms with E-state index in [4.69, 9.17) is 4.74 Å². The van der Waals surface area contributed by atoms with Crippen LogP contribution in [-0.4, -0.2) is 27.7 Å². The second kappa shape index (κ2) is 6.56. The zero-order chi connectivity index (χ0) is 19.0. The van der Waals surface area contributed by atoms with Crippen molar-refractivity contribution < 1.29 is 14.3 Å². The Morgan fingerprint density at radius 3 is 2.93 bits per heavy atom. The number of hydrogen-bond acceptors (Lipinski definition) is 5. The molecule has 2 amide bonds. The van der Waals surface area contributed by atoms with Crippen molar-refractivity contribution in [2.75, 3.05) is 10.6 Å². The number of fused-ring (bicyclic) bond motifs is 2. The van der Waals surface area contributed by atoms with Gasteiger partial charge in [0.1, 0.15) is 12.3 Å². The van der Waals surface area contributed by atoms with E-state index < -0.39 is 6.10 Å². The lowest BCUT2D eigenvalue weighted by molar-refractivity contribution is -0.122. The van der Waals surface area contributed by atoms with Crippen LogP contribution in [0.25, 0.3) is 10.9 Å². The number of para-hydroxylation sites is 1. The molecule has 0 saturated heterocycles. The van der Waals surface area contributed by atoms with E-state index in [1.807, 2.05) is 0 Å². The van der Waals surface area contributed by atoms with Gasteiger partial charge in [0.05, 0.1) is 17.4 Å². The van der Waals surface area contributed by atoms with Crippen molar-refractivity contribution in [2.45, 2.75) is 19.6 Å². The van der Waals surface area contributed by atoms with Crippen LogP contribution in [0.1, 0.15) is 6.92 Å². The Hall–Kier alpha value is -3.68. The topological polar surface area (TPSA) is 102 Å². The molecule has 0 aliphatic carbocycles. The number of ether oxygens (including phenoxy) is 1. The van der Waals surface area contributed by atoms with Crippen molar-refractivity contribution in [3.8, 4) is 5.75 Å². The van der Waals surface area contributed by atoms with Gasteiger partial charge in [-0.15, -0.1) is 0 Å². The van der Waals surface area contributed by atoms with Crippen molar-refractivity contribution in [3.05, 3.63) is 58.9 Å². The van der Waals surface area contributed by atoms with Crippen LogP contribution in [0.15, 0.2) is 53.5 Å². The lowest BCUT2D eigenvalue weighted by Gasteiger charge is -2.23. The summed E-state index contributed by atoms with van der Waals surface area (Å²) in [6.45, 7) is 1.60. The van der Waals surface area contributed by atoms with Gasteiger partial charge in [-0.2, -0.15) is 5.10 Å². The Bertz CT molecular complexity index is 1120. The third kappa shape index (κ3) is 3.24. The van der Waals surface area contributed by atoms with Crippen LogP contribution in [-0.2, 0) is 16.1 Å². The van der Waals surface area contributed by atoms with E-state index in [2.05, 4.69) is 15.7 Å². The molecule has 4 rings (SSSR count). The zero-order valence-corrected chi connectivity index (χ0v) is 14.4. The molecule has 1 atom stereocenters. The quantitative estimate of drug-likeness (QED) is 0.737. The second-order valence-electron chi connectivity index (χ2n) is 6.19. The fourth-order valence-electron chi connectivity index (χ4n) is 2.91. The van der Waals surface area contributed by atoms with Crippen molar-refractivity contribution in [3.63, 3.8) is 0 Å². The maximum atomic E-state index is 12.4. The van der Waals surface area contributed by atoms with Crippen LogP contribution in [0, 0.1) is 0 Å². The molecule has 2 aromatic carbocycles. The van der Waals surface area contributed by atoms with E-state index in [0.717, 1.165) is 0 Å². The number of rotatable bonds is 3. The summed E-state index contributed by atoms with van der Waals surface area (Å²) in [6, 6.07) is 12.0. The van der Waals surface area contributed by atoms with Gasteiger partial charge in [-0.1, -0.05) is 12.1 Å². The molecule has 1 aliphatic rings. The molecule has 136 valence electrons. The van der Waals surface area contributed by atoms with Gasteiger partial charge in [0.15, 0.2) is 6.10 Å². The Kier molecular flexibility index (Phi) is 4.08. The summed E-state index contributed by atoms with van der Waals surface area (Å²) < 4.78 is 6.96. The summed E-state index contributed by atoms with van der Waals surface area (Å²) in [6.07, 6.45) is 0.639. The number of hydrogen-bond donors (Lipinski definition) is 2. The third-order valence-electron chi connectivity index (χ3n) is 4.25. The Balaban J connectivity index is 1.54. The van der Waals surface area contributed by atoms with Gasteiger partial charge >= 0.3 is 0 Å². The van der Waals surface area contributed by atoms with Crippen LogP contribution < -0.4 is 20.8 Å². The smallest absolute Gasteiger partial charge is 0.265 e. The molecule has 0 bridgehead atoms. The summed E-state index contributed by atoms with van der Waals surface area (Å²) in [7, 11) is 0. The molecule has 2 heterocycles. The van der Waals surface area contributed by atoms with E-state index in [1.165, 1.54) is 10.9 Å². The highest BCUT2D eigenvalue weighted by molar-refractivity contribution is 5.99. The van der Waals surface area contributed by atoms with E-state index >= 15 is 0 Å². The van der Waals surface area contributed by atoms with Crippen molar-refractivity contribution in [1.82, 2.24) is 9.78 Å². The first-order chi connectivity index (χ1) is 13.0. The highest BCUT2D eigenvalue weighted by atomic mass is 16.5. The minimum absolute atomic E-state index is 0.0578. The van der Waals surface area contributed by atoms with E-state index in [9.17, 15) is 14.4 Å². The highest BCUT2D eigenvalue weighted by Crippen LogP contribution is 2.32. The van der Waals surface area contributed by atoms with Gasteiger partial charge in [-0.25, -0.2) is 0 Å². The molecule has 0 fully saturated rings. The number of carbonyl (C=O) groups is 2. The molecule has 2 N–H and O–H groups in total. The SMILES string of the molecule is C[C@H]1Oc2ccc(NC(=O)Cn3ncc(=O)c4ccccc43)cc2NC1=O. The molecule has 8 heteroatoms. The molecular formula is C19H16N4O4. The van der Waals surface area contributed by atoms with Gasteiger partial charge in [-0.3, -0.25) is 19.1 Å². The molecular weight excluding hydrogens is 348 g/mol. The summed E-state index contributed by atoms with van der Waals surface area (Å²) in [5, 5.41) is 10.0. The number of anilines is 2. The average Bonchev–Trinajstić information content (AvgIpc) is 2.65. The molecule has 0 radical (unpaired) electrons. The minimum atomic E-state index is -0.558. The summed E-state index contributed by atoms with van der Waals surface area (Å²) in [5.41, 5.74) is 1.41. The molecule has 0 unspecified atom stereocenters. The molecule has 0 saturated carbocycles. The molecule has 1 aliphatic heterocycles. The van der Waals surface area contributed by atoms with Crippen LogP contribution in [0.3, 0.4) is 0 Å². The number of carbonyl (C=O) groups excluding carboxylic acids is 2. The van der Waals surface area contributed by atoms with Gasteiger partial charge in [0.2, 0.25) is 11.3 Å². The van der Waals surface area contributed by atoms with Gasteiger partial charge in [0.25, 0.3) is 5.91 Å². The predicted octanol–water partition coefficient (Wildman–Crippen LogP) is 1.75. The minimum Gasteiger partial charge on any atom is -0.479 e. The maximum absolute atomic E-state index is 12.4. The first-order valence-corrected chi connectivity index (χ1v) is 8.37. The highest BCUT2D eigenvalue weighted by Gasteiger charge is 2.23. The lowest BCUT2D eigenvalue weighted by Crippen LogP contribution is -2.34. The molecule has 27 heavy (non-hydrogen) atoms. The summed E-state index contributed by atoms with van der Waals surface area (Å²) >= 11 is 0. The third-order valence-corrected chi connectivity index (χ3v) is 4.25. The summed E-state index contributed by atoms with van der Waals surface area (Å²) in [4.78, 5) is 36.0. The van der Waals surface area contributed by atoms with Crippen molar-refractivity contribution >= 4 is 34.1 Å². The zero-order valence-electron chi connectivity index (χ0n) is 14.4. The fourth-order valence-corrected chi connectivity index (χ4v) is 2.91. The Morgan fingerprint density at radius 2 is 2.07 bits per heavy atom. The maximum Gasteiger partial charge on any atom is 0.265 e. The van der Waals surface area contributed by atoms with Gasteiger partial charge in [-0.05, 0) is 37.3 Å². The number of nitrogens with zero attached hydrogens (tertiary/aromatic N) is 2. The van der Waals surface area contributed by atoms with E-state index in [-0.39, 0.29) is 23.8 Å².